The predicted molar refractivity (Wildman–Crippen MR) is 128 cm³/mol. The number of carbonyl (C=O) groups excluding carboxylic acids is 2. The summed E-state index contributed by atoms with van der Waals surface area (Å²) < 4.78 is 5.63. The first-order valence-corrected chi connectivity index (χ1v) is 13.3. The molecule has 2 aromatic heterocycles. The van der Waals surface area contributed by atoms with Crippen molar-refractivity contribution >= 4 is 51.5 Å². The highest BCUT2D eigenvalue weighted by Crippen LogP contribution is 2.38. The molecule has 32 heavy (non-hydrogen) atoms. The number of hydrogen-bond donors (Lipinski definition) is 2. The predicted octanol–water partition coefficient (Wildman–Crippen LogP) is 4.73. The molecule has 0 aromatic carbocycles. The number of ether oxygens (including phenoxy) is 1. The summed E-state index contributed by atoms with van der Waals surface area (Å²) in [4.78, 5) is 35.9. The first kappa shape index (κ1) is 23.5. The lowest BCUT2D eigenvalue weighted by atomic mass is 9.95. The molecule has 0 unspecified atom stereocenters. The molecule has 0 radical (unpaired) electrons. The number of rotatable bonds is 8. The van der Waals surface area contributed by atoms with Crippen LogP contribution in [0.1, 0.15) is 70.3 Å². The van der Waals surface area contributed by atoms with Crippen LogP contribution in [0.5, 0.6) is 0 Å². The van der Waals surface area contributed by atoms with Crippen LogP contribution in [0.25, 0.3) is 0 Å². The van der Waals surface area contributed by atoms with Crippen molar-refractivity contribution in [2.24, 2.45) is 0 Å². The van der Waals surface area contributed by atoms with Gasteiger partial charge in [-0.2, -0.15) is 0 Å². The van der Waals surface area contributed by atoms with E-state index in [9.17, 15) is 9.59 Å². The molecule has 7 nitrogen and oxygen atoms in total. The van der Waals surface area contributed by atoms with Gasteiger partial charge in [-0.15, -0.1) is 11.3 Å². The molecule has 4 rings (SSSR count). The summed E-state index contributed by atoms with van der Waals surface area (Å²) in [5, 5.41) is 7.19. The fourth-order valence-corrected chi connectivity index (χ4v) is 6.06. The van der Waals surface area contributed by atoms with E-state index in [1.165, 1.54) is 34.2 Å². The third-order valence-electron chi connectivity index (χ3n) is 5.51. The Balaban J connectivity index is 1.56. The third kappa shape index (κ3) is 5.44. The Morgan fingerprint density at radius 1 is 1.28 bits per heavy atom. The maximum atomic E-state index is 13.1. The zero-order valence-electron chi connectivity index (χ0n) is 18.0. The van der Waals surface area contributed by atoms with Gasteiger partial charge in [0.25, 0.3) is 11.8 Å². The quantitative estimate of drug-likeness (QED) is 0.407. The lowest BCUT2D eigenvalue weighted by Crippen LogP contribution is -2.32. The Morgan fingerprint density at radius 2 is 2.12 bits per heavy atom. The number of nitrogens with one attached hydrogen (secondary N) is 2. The Bertz CT molecular complexity index is 992. The van der Waals surface area contributed by atoms with Gasteiger partial charge in [0.2, 0.25) is 0 Å². The average molecular weight is 495 g/mol. The minimum absolute atomic E-state index is 0.0605. The fraction of sp³-hybridized carbons (Fsp3) is 0.545. The number of fused-ring (bicyclic) bond motifs is 1. The fourth-order valence-electron chi connectivity index (χ4n) is 3.93. The molecule has 2 aliphatic rings. The van der Waals surface area contributed by atoms with Crippen molar-refractivity contribution in [2.45, 2.75) is 63.1 Å². The maximum Gasteiger partial charge on any atom is 0.276 e. The Hall–Kier alpha value is -1.68. The van der Waals surface area contributed by atoms with Crippen LogP contribution in [0.3, 0.4) is 0 Å². The minimum Gasteiger partial charge on any atom is -0.376 e. The first-order valence-electron chi connectivity index (χ1n) is 11.1. The van der Waals surface area contributed by atoms with Gasteiger partial charge in [-0.25, -0.2) is 9.97 Å². The van der Waals surface area contributed by atoms with E-state index in [0.29, 0.717) is 22.3 Å². The van der Waals surface area contributed by atoms with E-state index < -0.39 is 5.91 Å². The lowest BCUT2D eigenvalue weighted by molar-refractivity contribution is 0.0858. The summed E-state index contributed by atoms with van der Waals surface area (Å²) in [5.41, 5.74) is 1.74. The molecule has 2 N–H and O–H groups in total. The van der Waals surface area contributed by atoms with Crippen LogP contribution in [-0.2, 0) is 17.6 Å². The largest absolute Gasteiger partial charge is 0.376 e. The van der Waals surface area contributed by atoms with Gasteiger partial charge >= 0.3 is 0 Å². The molecule has 3 heterocycles. The van der Waals surface area contributed by atoms with Crippen molar-refractivity contribution in [3.05, 3.63) is 32.9 Å². The van der Waals surface area contributed by atoms with Gasteiger partial charge in [0, 0.05) is 23.8 Å². The molecule has 0 saturated carbocycles. The number of anilines is 1. The van der Waals surface area contributed by atoms with Crippen molar-refractivity contribution in [3.63, 3.8) is 0 Å². The molecule has 10 heteroatoms. The van der Waals surface area contributed by atoms with E-state index in [1.54, 1.807) is 0 Å². The Kier molecular flexibility index (Phi) is 8.04. The second-order valence-electron chi connectivity index (χ2n) is 7.91. The second kappa shape index (κ2) is 11.0. The lowest BCUT2D eigenvalue weighted by Gasteiger charge is -2.15. The van der Waals surface area contributed by atoms with E-state index in [-0.39, 0.29) is 22.7 Å². The zero-order valence-corrected chi connectivity index (χ0v) is 20.4. The van der Waals surface area contributed by atoms with Crippen molar-refractivity contribution in [1.82, 2.24) is 15.3 Å². The van der Waals surface area contributed by atoms with Crippen molar-refractivity contribution in [2.75, 3.05) is 24.2 Å². The number of hydrogen-bond acceptors (Lipinski definition) is 7. The molecule has 2 aromatic rings. The highest BCUT2D eigenvalue weighted by molar-refractivity contribution is 7.99. The number of halogens is 1. The number of amides is 2. The second-order valence-corrected chi connectivity index (χ2v) is 10.5. The van der Waals surface area contributed by atoms with Gasteiger partial charge in [0.05, 0.1) is 22.9 Å². The number of aryl methyl sites for hydroxylation is 1. The van der Waals surface area contributed by atoms with E-state index in [1.807, 2.05) is 0 Å². The number of thiophene rings is 1. The molecule has 0 spiro atoms. The van der Waals surface area contributed by atoms with Gasteiger partial charge in [-0.3, -0.25) is 9.59 Å². The van der Waals surface area contributed by atoms with Crippen LogP contribution in [0.15, 0.2) is 11.4 Å². The molecule has 1 atom stereocenters. The molecule has 1 saturated heterocycles. The van der Waals surface area contributed by atoms with E-state index >= 15 is 0 Å². The normalized spacial score (nSPS) is 17.8. The average Bonchev–Trinajstić information content (AvgIpc) is 3.44. The highest BCUT2D eigenvalue weighted by atomic mass is 35.5. The van der Waals surface area contributed by atoms with Gasteiger partial charge < -0.3 is 15.4 Å². The first-order chi connectivity index (χ1) is 15.6. The zero-order chi connectivity index (χ0) is 22.5. The Morgan fingerprint density at radius 3 is 2.91 bits per heavy atom. The van der Waals surface area contributed by atoms with E-state index in [4.69, 9.17) is 16.3 Å². The Labute approximate surface area is 201 Å². The molecular weight excluding hydrogens is 468 g/mol. The van der Waals surface area contributed by atoms with Gasteiger partial charge in [0.15, 0.2) is 10.9 Å². The molecule has 0 bridgehead atoms. The number of aromatic nitrogens is 2. The van der Waals surface area contributed by atoms with Crippen LogP contribution in [0.4, 0.5) is 5.00 Å². The molecule has 1 aliphatic carbocycles. The topological polar surface area (TPSA) is 93.2 Å². The summed E-state index contributed by atoms with van der Waals surface area (Å²) in [6.45, 7) is 3.29. The number of carbonyl (C=O) groups is 2. The van der Waals surface area contributed by atoms with Crippen LogP contribution in [0.2, 0.25) is 5.02 Å². The van der Waals surface area contributed by atoms with Gasteiger partial charge in [0.1, 0.15) is 5.00 Å². The summed E-state index contributed by atoms with van der Waals surface area (Å²) >= 11 is 9.19. The smallest absolute Gasteiger partial charge is 0.276 e. The molecular formula is C22H27ClN4O3S2. The van der Waals surface area contributed by atoms with Gasteiger partial charge in [-0.05, 0) is 50.5 Å². The van der Waals surface area contributed by atoms with Crippen molar-refractivity contribution in [1.29, 1.82) is 0 Å². The van der Waals surface area contributed by atoms with Crippen molar-refractivity contribution in [3.8, 4) is 0 Å². The van der Waals surface area contributed by atoms with Crippen LogP contribution in [-0.4, -0.2) is 46.8 Å². The standard InChI is InChI=1S/C22H27ClN4O3S2/c1-2-10-31-22-25-12-15(23)18(26-22)20(29)27-21-17(14-7-3-4-8-16(14)32-21)19(28)24-11-13-6-5-9-30-13/h12-13H,2-11H2,1H3,(H,24,28)(H,27,29)/t13-/m0/s1. The van der Waals surface area contributed by atoms with Crippen LogP contribution in [0, 0.1) is 0 Å². The molecule has 1 aliphatic heterocycles. The minimum atomic E-state index is -0.428. The summed E-state index contributed by atoms with van der Waals surface area (Å²) in [6, 6.07) is 0. The molecule has 1 fully saturated rings. The molecule has 2 amide bonds. The number of nitrogens with zero attached hydrogens (tertiary/aromatic N) is 2. The van der Waals surface area contributed by atoms with E-state index in [0.717, 1.165) is 62.9 Å². The third-order valence-corrected chi connectivity index (χ3v) is 8.06. The maximum absolute atomic E-state index is 13.1. The number of thioether (sulfide) groups is 1. The monoisotopic (exact) mass is 494 g/mol. The SMILES string of the molecule is CCCSc1ncc(Cl)c(C(=O)Nc2sc3c(c2C(=O)NC[C@@H]2CCCO2)CCCC3)n1. The van der Waals surface area contributed by atoms with Crippen molar-refractivity contribution < 1.29 is 14.3 Å². The summed E-state index contributed by atoms with van der Waals surface area (Å²) in [6.07, 6.45) is 8.37. The van der Waals surface area contributed by atoms with Crippen LogP contribution < -0.4 is 10.6 Å². The molecule has 172 valence electrons. The van der Waals surface area contributed by atoms with Gasteiger partial charge in [-0.1, -0.05) is 30.3 Å². The highest BCUT2D eigenvalue weighted by Gasteiger charge is 2.28. The van der Waals surface area contributed by atoms with Crippen LogP contribution >= 0.6 is 34.7 Å². The summed E-state index contributed by atoms with van der Waals surface area (Å²) in [5.74, 6) is 0.265. The summed E-state index contributed by atoms with van der Waals surface area (Å²) in [7, 11) is 0. The van der Waals surface area contributed by atoms with E-state index in [2.05, 4.69) is 27.5 Å².